The fourth-order valence-corrected chi connectivity index (χ4v) is 1.63. The topological polar surface area (TPSA) is 54.7 Å². The Morgan fingerprint density at radius 2 is 2.06 bits per heavy atom. The Bertz CT molecular complexity index is 525. The highest BCUT2D eigenvalue weighted by atomic mass is 79.9. The van der Waals surface area contributed by atoms with Crippen molar-refractivity contribution in [3.63, 3.8) is 0 Å². The standard InChI is InChI=1S/C10H8BrF2N3/c11-7-2-1-6(9(12)10(7)13)8-3-5(4-14)15-16-8/h1-3H,4,14H2,(H,15,16). The van der Waals surface area contributed by atoms with E-state index in [9.17, 15) is 8.78 Å². The van der Waals surface area contributed by atoms with Crippen molar-refractivity contribution in [2.24, 2.45) is 5.73 Å². The molecule has 0 aliphatic rings. The van der Waals surface area contributed by atoms with Crippen molar-refractivity contribution >= 4 is 15.9 Å². The van der Waals surface area contributed by atoms with E-state index in [2.05, 4.69) is 26.1 Å². The van der Waals surface area contributed by atoms with Crippen LogP contribution in [0.1, 0.15) is 5.69 Å². The summed E-state index contributed by atoms with van der Waals surface area (Å²) in [5.74, 6) is -1.85. The third-order valence-corrected chi connectivity index (χ3v) is 2.77. The lowest BCUT2D eigenvalue weighted by Gasteiger charge is -2.01. The van der Waals surface area contributed by atoms with E-state index in [0.29, 0.717) is 11.4 Å². The molecule has 0 radical (unpaired) electrons. The second kappa shape index (κ2) is 4.31. The van der Waals surface area contributed by atoms with E-state index in [1.165, 1.54) is 12.1 Å². The van der Waals surface area contributed by atoms with Crippen LogP contribution < -0.4 is 5.73 Å². The van der Waals surface area contributed by atoms with Crippen molar-refractivity contribution < 1.29 is 8.78 Å². The van der Waals surface area contributed by atoms with Crippen molar-refractivity contribution in [2.75, 3.05) is 0 Å². The van der Waals surface area contributed by atoms with Gasteiger partial charge in [0.2, 0.25) is 0 Å². The Kier molecular flexibility index (Phi) is 3.02. The van der Waals surface area contributed by atoms with Crippen LogP contribution in [0.5, 0.6) is 0 Å². The molecule has 0 bridgehead atoms. The first-order chi connectivity index (χ1) is 7.63. The van der Waals surface area contributed by atoms with E-state index in [1.807, 2.05) is 0 Å². The highest BCUT2D eigenvalue weighted by Gasteiger charge is 2.15. The molecule has 0 fully saturated rings. The number of nitrogens with zero attached hydrogens (tertiary/aromatic N) is 1. The van der Waals surface area contributed by atoms with Gasteiger partial charge < -0.3 is 5.73 Å². The molecule has 16 heavy (non-hydrogen) atoms. The van der Waals surface area contributed by atoms with Crippen molar-refractivity contribution in [1.29, 1.82) is 0 Å². The summed E-state index contributed by atoms with van der Waals surface area (Å²) in [4.78, 5) is 0. The normalized spacial score (nSPS) is 10.8. The van der Waals surface area contributed by atoms with Crippen LogP contribution in [0.3, 0.4) is 0 Å². The zero-order valence-corrected chi connectivity index (χ0v) is 9.68. The van der Waals surface area contributed by atoms with Gasteiger partial charge in [-0.05, 0) is 34.1 Å². The smallest absolute Gasteiger partial charge is 0.173 e. The van der Waals surface area contributed by atoms with Crippen LogP contribution in [0.4, 0.5) is 8.78 Å². The van der Waals surface area contributed by atoms with Crippen LogP contribution in [0, 0.1) is 11.6 Å². The Balaban J connectivity index is 2.52. The number of hydrogen-bond donors (Lipinski definition) is 2. The summed E-state index contributed by atoms with van der Waals surface area (Å²) < 4.78 is 26.9. The van der Waals surface area contributed by atoms with E-state index in [0.717, 1.165) is 0 Å². The van der Waals surface area contributed by atoms with Crippen LogP contribution in [0.2, 0.25) is 0 Å². The number of halogens is 3. The van der Waals surface area contributed by atoms with E-state index >= 15 is 0 Å². The average molecular weight is 288 g/mol. The fraction of sp³-hybridized carbons (Fsp3) is 0.100. The first-order valence-corrected chi connectivity index (χ1v) is 5.31. The first-order valence-electron chi connectivity index (χ1n) is 4.51. The number of aromatic nitrogens is 2. The lowest BCUT2D eigenvalue weighted by Crippen LogP contribution is -1.95. The maximum absolute atomic E-state index is 13.6. The van der Waals surface area contributed by atoms with E-state index < -0.39 is 11.6 Å². The van der Waals surface area contributed by atoms with Gasteiger partial charge in [0.1, 0.15) is 0 Å². The molecule has 0 aliphatic carbocycles. The molecule has 0 unspecified atom stereocenters. The summed E-state index contributed by atoms with van der Waals surface area (Å²) in [6.45, 7) is 0.271. The molecule has 6 heteroatoms. The fourth-order valence-electron chi connectivity index (χ4n) is 1.33. The van der Waals surface area contributed by atoms with Gasteiger partial charge >= 0.3 is 0 Å². The number of rotatable bonds is 2. The average Bonchev–Trinajstić information content (AvgIpc) is 2.74. The third-order valence-electron chi connectivity index (χ3n) is 2.16. The molecule has 0 spiro atoms. The Hall–Kier alpha value is -1.27. The maximum Gasteiger partial charge on any atom is 0.173 e. The first kappa shape index (κ1) is 11.2. The molecule has 2 aromatic rings. The van der Waals surface area contributed by atoms with Crippen LogP contribution in [0.25, 0.3) is 11.3 Å². The van der Waals surface area contributed by atoms with Gasteiger partial charge in [0.25, 0.3) is 0 Å². The van der Waals surface area contributed by atoms with Gasteiger partial charge in [0, 0.05) is 17.8 Å². The highest BCUT2D eigenvalue weighted by Crippen LogP contribution is 2.27. The number of nitrogens with one attached hydrogen (secondary N) is 1. The van der Waals surface area contributed by atoms with Crippen LogP contribution >= 0.6 is 15.9 Å². The summed E-state index contributed by atoms with van der Waals surface area (Å²) in [5, 5.41) is 6.50. The lowest BCUT2D eigenvalue weighted by atomic mass is 10.1. The Labute approximate surface area is 98.8 Å². The van der Waals surface area contributed by atoms with Crippen molar-refractivity contribution in [1.82, 2.24) is 10.2 Å². The van der Waals surface area contributed by atoms with Crippen molar-refractivity contribution in [3.8, 4) is 11.3 Å². The third kappa shape index (κ3) is 1.85. The zero-order chi connectivity index (χ0) is 11.7. The van der Waals surface area contributed by atoms with Gasteiger partial charge in [-0.3, -0.25) is 5.10 Å². The molecule has 1 aromatic heterocycles. The largest absolute Gasteiger partial charge is 0.325 e. The monoisotopic (exact) mass is 287 g/mol. The summed E-state index contributed by atoms with van der Waals surface area (Å²) >= 11 is 2.91. The Morgan fingerprint density at radius 3 is 2.69 bits per heavy atom. The number of hydrogen-bond acceptors (Lipinski definition) is 2. The molecule has 0 saturated carbocycles. The second-order valence-corrected chi connectivity index (χ2v) is 4.06. The molecule has 3 nitrogen and oxygen atoms in total. The van der Waals surface area contributed by atoms with Crippen LogP contribution in [-0.4, -0.2) is 10.2 Å². The molecule has 84 valence electrons. The number of aromatic amines is 1. The molecule has 1 aromatic carbocycles. The molecule has 0 aliphatic heterocycles. The SMILES string of the molecule is NCc1cc(-c2ccc(Br)c(F)c2F)n[nH]1. The maximum atomic E-state index is 13.6. The molecule has 0 saturated heterocycles. The van der Waals surface area contributed by atoms with Gasteiger partial charge in [0.05, 0.1) is 10.2 Å². The van der Waals surface area contributed by atoms with Crippen molar-refractivity contribution in [2.45, 2.75) is 6.54 Å². The summed E-state index contributed by atoms with van der Waals surface area (Å²) in [6.07, 6.45) is 0. The Morgan fingerprint density at radius 1 is 1.31 bits per heavy atom. The van der Waals surface area contributed by atoms with Gasteiger partial charge in [-0.1, -0.05) is 0 Å². The predicted octanol–water partition coefficient (Wildman–Crippen LogP) is 2.58. The second-order valence-electron chi connectivity index (χ2n) is 3.21. The summed E-state index contributed by atoms with van der Waals surface area (Å²) in [5.41, 5.74) is 6.50. The van der Waals surface area contributed by atoms with Crippen molar-refractivity contribution in [3.05, 3.63) is 40.0 Å². The molecular weight excluding hydrogens is 280 g/mol. The number of nitrogens with two attached hydrogens (primary N) is 1. The van der Waals surface area contributed by atoms with Gasteiger partial charge in [-0.2, -0.15) is 5.10 Å². The van der Waals surface area contributed by atoms with Crippen LogP contribution in [0.15, 0.2) is 22.7 Å². The minimum absolute atomic E-state index is 0.0864. The number of H-pyrrole nitrogens is 1. The molecule has 3 N–H and O–H groups in total. The highest BCUT2D eigenvalue weighted by molar-refractivity contribution is 9.10. The predicted molar refractivity (Wildman–Crippen MR) is 59.5 cm³/mol. The quantitative estimate of drug-likeness (QED) is 0.834. The molecular formula is C10H8BrF2N3. The summed E-state index contributed by atoms with van der Waals surface area (Å²) in [7, 11) is 0. The van der Waals surface area contributed by atoms with Crippen LogP contribution in [-0.2, 0) is 6.54 Å². The zero-order valence-electron chi connectivity index (χ0n) is 8.10. The van der Waals surface area contributed by atoms with E-state index in [1.54, 1.807) is 6.07 Å². The van der Waals surface area contributed by atoms with E-state index in [4.69, 9.17) is 5.73 Å². The molecule has 0 amide bonds. The van der Waals surface area contributed by atoms with Gasteiger partial charge in [-0.15, -0.1) is 0 Å². The minimum Gasteiger partial charge on any atom is -0.325 e. The summed E-state index contributed by atoms with van der Waals surface area (Å²) in [6, 6.07) is 4.48. The molecule has 1 heterocycles. The van der Waals surface area contributed by atoms with Gasteiger partial charge in [0.15, 0.2) is 11.6 Å². The minimum atomic E-state index is -0.926. The molecule has 0 atom stereocenters. The lowest BCUT2D eigenvalue weighted by molar-refractivity contribution is 0.506. The number of benzene rings is 1. The van der Waals surface area contributed by atoms with E-state index in [-0.39, 0.29) is 16.6 Å². The van der Waals surface area contributed by atoms with Gasteiger partial charge in [-0.25, -0.2) is 8.78 Å². The molecule has 2 rings (SSSR count).